The van der Waals surface area contributed by atoms with Crippen molar-refractivity contribution in [2.45, 2.75) is 26.2 Å². The quantitative estimate of drug-likeness (QED) is 0.776. The molecule has 0 aliphatic carbocycles. The number of hydrogen-bond donors (Lipinski definition) is 0. The fourth-order valence-electron chi connectivity index (χ4n) is 2.06. The fraction of sp³-hybridized carbons (Fsp3) is 0.333. The molecule has 0 unspecified atom stereocenters. The molecule has 0 saturated carbocycles. The Morgan fingerprint density at radius 2 is 1.95 bits per heavy atom. The van der Waals surface area contributed by atoms with Gasteiger partial charge in [0.1, 0.15) is 12.1 Å². The Hall–Kier alpha value is -1.97. The summed E-state index contributed by atoms with van der Waals surface area (Å²) < 4.78 is 15.8. The van der Waals surface area contributed by atoms with Gasteiger partial charge in [-0.1, -0.05) is 32.9 Å². The Morgan fingerprint density at radius 3 is 2.47 bits per heavy atom. The number of carbonyl (C=O) groups is 1. The zero-order valence-electron chi connectivity index (χ0n) is 11.6. The van der Waals surface area contributed by atoms with Crippen molar-refractivity contribution in [2.24, 2.45) is 7.05 Å². The van der Waals surface area contributed by atoms with Gasteiger partial charge in [-0.05, 0) is 6.07 Å². The van der Waals surface area contributed by atoms with E-state index in [1.807, 2.05) is 27.8 Å². The first-order valence-electron chi connectivity index (χ1n) is 6.12. The van der Waals surface area contributed by atoms with E-state index in [-0.39, 0.29) is 5.41 Å². The number of benzene rings is 1. The molecule has 0 radical (unpaired) electrons. The van der Waals surface area contributed by atoms with Crippen LogP contribution >= 0.6 is 0 Å². The third kappa shape index (κ3) is 2.57. The maximum Gasteiger partial charge on any atom is 0.150 e. The lowest BCUT2D eigenvalue weighted by Crippen LogP contribution is -2.14. The van der Waals surface area contributed by atoms with Gasteiger partial charge in [0, 0.05) is 35.3 Å². The van der Waals surface area contributed by atoms with Gasteiger partial charge in [0.25, 0.3) is 0 Å². The minimum Gasteiger partial charge on any atom is -0.298 e. The number of nitrogens with zero attached hydrogens (tertiary/aromatic N) is 2. The highest BCUT2D eigenvalue weighted by Crippen LogP contribution is 2.33. The van der Waals surface area contributed by atoms with Gasteiger partial charge in [0.15, 0.2) is 0 Å². The summed E-state index contributed by atoms with van der Waals surface area (Å²) in [5, 5.41) is 4.42. The van der Waals surface area contributed by atoms with Gasteiger partial charge in [-0.3, -0.25) is 9.48 Å². The number of aldehydes is 1. The van der Waals surface area contributed by atoms with Crippen molar-refractivity contribution in [1.82, 2.24) is 9.78 Å². The molecule has 0 amide bonds. The van der Waals surface area contributed by atoms with Gasteiger partial charge in [-0.25, -0.2) is 4.39 Å². The lowest BCUT2D eigenvalue weighted by molar-refractivity contribution is 0.112. The van der Waals surface area contributed by atoms with E-state index in [1.54, 1.807) is 23.0 Å². The average Bonchev–Trinajstić information content (AvgIpc) is 2.70. The predicted molar refractivity (Wildman–Crippen MR) is 72.7 cm³/mol. The second-order valence-electron chi connectivity index (χ2n) is 5.67. The zero-order valence-corrected chi connectivity index (χ0v) is 11.6. The van der Waals surface area contributed by atoms with Crippen LogP contribution in [0.25, 0.3) is 11.1 Å². The maximum atomic E-state index is 14.1. The van der Waals surface area contributed by atoms with Crippen LogP contribution in [-0.4, -0.2) is 16.1 Å². The number of aryl methyl sites for hydroxylation is 1. The molecule has 0 atom stereocenters. The van der Waals surface area contributed by atoms with Crippen LogP contribution in [0.1, 0.15) is 36.8 Å². The molecule has 2 aromatic rings. The number of halogens is 1. The highest BCUT2D eigenvalue weighted by atomic mass is 19.1. The summed E-state index contributed by atoms with van der Waals surface area (Å²) in [7, 11) is 1.82. The van der Waals surface area contributed by atoms with Crippen molar-refractivity contribution in [3.63, 3.8) is 0 Å². The van der Waals surface area contributed by atoms with Crippen LogP contribution in [0.2, 0.25) is 0 Å². The van der Waals surface area contributed by atoms with E-state index in [0.717, 1.165) is 11.3 Å². The van der Waals surface area contributed by atoms with Crippen LogP contribution in [0.4, 0.5) is 4.39 Å². The molecule has 0 fully saturated rings. The first-order valence-corrected chi connectivity index (χ1v) is 6.12. The summed E-state index contributed by atoms with van der Waals surface area (Å²) in [5.74, 6) is -0.400. The van der Waals surface area contributed by atoms with E-state index in [2.05, 4.69) is 5.10 Å². The minimum absolute atomic E-state index is 0.174. The van der Waals surface area contributed by atoms with Crippen LogP contribution in [-0.2, 0) is 12.5 Å². The monoisotopic (exact) mass is 260 g/mol. The average molecular weight is 260 g/mol. The molecule has 4 heteroatoms. The van der Waals surface area contributed by atoms with Gasteiger partial charge in [0.05, 0.1) is 5.69 Å². The van der Waals surface area contributed by atoms with E-state index in [1.165, 1.54) is 6.07 Å². The highest BCUT2D eigenvalue weighted by Gasteiger charge is 2.24. The molecule has 0 saturated heterocycles. The summed E-state index contributed by atoms with van der Waals surface area (Å²) in [6.07, 6.45) is 2.44. The van der Waals surface area contributed by atoms with Crippen molar-refractivity contribution < 1.29 is 9.18 Å². The molecule has 0 bridgehead atoms. The smallest absolute Gasteiger partial charge is 0.150 e. The standard InChI is InChI=1S/C15H17FN2O/c1-15(2,3)14-12(8-18(4)17-14)11-6-5-10(9-19)7-13(11)16/h5-9H,1-4H3. The van der Waals surface area contributed by atoms with E-state index < -0.39 is 5.82 Å². The molecule has 0 N–H and O–H groups in total. The summed E-state index contributed by atoms with van der Waals surface area (Å²) in [5.41, 5.74) is 2.25. The first kappa shape index (κ1) is 13.5. The number of rotatable bonds is 2. The predicted octanol–water partition coefficient (Wildman–Crippen LogP) is 3.34. The third-order valence-corrected chi connectivity index (χ3v) is 2.96. The molecule has 0 aliphatic rings. The lowest BCUT2D eigenvalue weighted by atomic mass is 9.87. The molecule has 100 valence electrons. The van der Waals surface area contributed by atoms with Gasteiger partial charge < -0.3 is 0 Å². The topological polar surface area (TPSA) is 34.9 Å². The normalized spacial score (nSPS) is 11.6. The van der Waals surface area contributed by atoms with E-state index in [9.17, 15) is 9.18 Å². The Bertz CT molecular complexity index is 624. The molecule has 3 nitrogen and oxygen atoms in total. The van der Waals surface area contributed by atoms with Crippen LogP contribution in [0.5, 0.6) is 0 Å². The van der Waals surface area contributed by atoms with Crippen LogP contribution in [0, 0.1) is 5.82 Å². The molecule has 0 aliphatic heterocycles. The molecular formula is C15H17FN2O. The zero-order chi connectivity index (χ0) is 14.2. The molecule has 1 aromatic carbocycles. The van der Waals surface area contributed by atoms with Gasteiger partial charge >= 0.3 is 0 Å². The number of carbonyl (C=O) groups excluding carboxylic acids is 1. The minimum atomic E-state index is -0.400. The molecular weight excluding hydrogens is 243 g/mol. The van der Waals surface area contributed by atoms with Gasteiger partial charge in [-0.2, -0.15) is 5.10 Å². The molecule has 1 aromatic heterocycles. The van der Waals surface area contributed by atoms with Crippen molar-refractivity contribution >= 4 is 6.29 Å². The van der Waals surface area contributed by atoms with Crippen molar-refractivity contribution in [3.8, 4) is 11.1 Å². The van der Waals surface area contributed by atoms with Crippen LogP contribution in [0.15, 0.2) is 24.4 Å². The lowest BCUT2D eigenvalue weighted by Gasteiger charge is -2.17. The molecule has 0 spiro atoms. The first-order chi connectivity index (χ1) is 8.82. The fourth-order valence-corrected chi connectivity index (χ4v) is 2.06. The Balaban J connectivity index is 2.62. The van der Waals surface area contributed by atoms with Gasteiger partial charge in [-0.15, -0.1) is 0 Å². The number of hydrogen-bond acceptors (Lipinski definition) is 2. The summed E-state index contributed by atoms with van der Waals surface area (Å²) in [4.78, 5) is 10.7. The SMILES string of the molecule is Cn1cc(-c2ccc(C=O)cc2F)c(C(C)(C)C)n1. The third-order valence-electron chi connectivity index (χ3n) is 2.96. The molecule has 19 heavy (non-hydrogen) atoms. The van der Waals surface area contributed by atoms with Crippen molar-refractivity contribution in [3.05, 3.63) is 41.5 Å². The van der Waals surface area contributed by atoms with E-state index in [0.29, 0.717) is 17.4 Å². The molecule has 1 heterocycles. The van der Waals surface area contributed by atoms with E-state index >= 15 is 0 Å². The maximum absolute atomic E-state index is 14.1. The Kier molecular flexibility index (Phi) is 3.27. The van der Waals surface area contributed by atoms with Crippen LogP contribution in [0.3, 0.4) is 0 Å². The van der Waals surface area contributed by atoms with Crippen molar-refractivity contribution in [1.29, 1.82) is 0 Å². The molecule has 2 rings (SSSR count). The Labute approximate surface area is 112 Å². The van der Waals surface area contributed by atoms with E-state index in [4.69, 9.17) is 0 Å². The van der Waals surface area contributed by atoms with Gasteiger partial charge in [0.2, 0.25) is 0 Å². The second kappa shape index (κ2) is 4.61. The Morgan fingerprint density at radius 1 is 1.26 bits per heavy atom. The van der Waals surface area contributed by atoms with Crippen LogP contribution < -0.4 is 0 Å². The van der Waals surface area contributed by atoms with Crippen molar-refractivity contribution in [2.75, 3.05) is 0 Å². The summed E-state index contributed by atoms with van der Waals surface area (Å²) in [6, 6.07) is 4.50. The second-order valence-corrected chi connectivity index (χ2v) is 5.67. The number of aromatic nitrogens is 2. The summed E-state index contributed by atoms with van der Waals surface area (Å²) in [6.45, 7) is 6.11. The largest absolute Gasteiger partial charge is 0.298 e. The highest BCUT2D eigenvalue weighted by molar-refractivity contribution is 5.77. The summed E-state index contributed by atoms with van der Waals surface area (Å²) >= 11 is 0.